The second kappa shape index (κ2) is 11.0. The van der Waals surface area contributed by atoms with Crippen molar-refractivity contribution in [1.29, 1.82) is 0 Å². The van der Waals surface area contributed by atoms with Gasteiger partial charge in [-0.1, -0.05) is 18.5 Å². The van der Waals surface area contributed by atoms with E-state index in [1.54, 1.807) is 11.0 Å². The number of rotatable bonds is 6. The summed E-state index contributed by atoms with van der Waals surface area (Å²) in [6, 6.07) is 8.53. The molecule has 3 fully saturated rings. The number of nitrogens with one attached hydrogen (secondary N) is 1. The van der Waals surface area contributed by atoms with E-state index >= 15 is 0 Å². The van der Waals surface area contributed by atoms with E-state index in [0.29, 0.717) is 17.5 Å². The van der Waals surface area contributed by atoms with Gasteiger partial charge in [0.05, 0.1) is 29.2 Å². The molecule has 1 amide bonds. The third-order valence-corrected chi connectivity index (χ3v) is 9.07. The summed E-state index contributed by atoms with van der Waals surface area (Å²) in [5, 5.41) is 5.43. The molecule has 13 heteroatoms. The summed E-state index contributed by atoms with van der Waals surface area (Å²) in [6.45, 7) is 8.52. The van der Waals surface area contributed by atoms with Gasteiger partial charge in [0.25, 0.3) is 5.91 Å². The van der Waals surface area contributed by atoms with Crippen LogP contribution in [0.3, 0.4) is 0 Å². The number of amides is 1. The standard InChI is InChI=1S/C28H37ClN8O3S/c1-19-17-35(18-19)25-16-27(34-12-10-33(2)11-13-34)37-26(30-25)15-23(31-37)24-6-4-5-9-36(24)28(38)21-14-20(29)7-8-22(21)32-41(3,39)40/h7-8,14-16,19,24,32H,4-6,9-13,17-18H2,1-3H3/t24-/m0/s1. The molecule has 0 saturated carbocycles. The number of carbonyl (C=O) groups excluding carboxylic acids is 1. The number of benzene rings is 1. The first-order chi connectivity index (χ1) is 19.6. The SMILES string of the molecule is CC1CN(c2cc(N3CCN(C)CC3)n3nc([C@@H]4CCCCN4C(=O)c4cc(Cl)ccc4NS(C)(=O)=O)cc3n2)C1. The average Bonchev–Trinajstić information content (AvgIpc) is 3.35. The van der Waals surface area contributed by atoms with Gasteiger partial charge in [0.15, 0.2) is 5.65 Å². The molecule has 41 heavy (non-hydrogen) atoms. The third-order valence-electron chi connectivity index (χ3n) is 8.24. The minimum atomic E-state index is -3.59. The molecule has 1 aromatic carbocycles. The Hall–Kier alpha value is -3.09. The van der Waals surface area contributed by atoms with E-state index < -0.39 is 10.0 Å². The highest BCUT2D eigenvalue weighted by Crippen LogP contribution is 2.36. The lowest BCUT2D eigenvalue weighted by Crippen LogP contribution is -2.47. The van der Waals surface area contributed by atoms with Gasteiger partial charge in [0.2, 0.25) is 10.0 Å². The lowest BCUT2D eigenvalue weighted by Gasteiger charge is -2.39. The number of sulfonamides is 1. The molecule has 0 unspecified atom stereocenters. The number of nitrogens with zero attached hydrogens (tertiary/aromatic N) is 7. The number of likely N-dealkylation sites (N-methyl/N-ethyl adjacent to an activating group) is 1. The number of carbonyl (C=O) groups is 1. The minimum absolute atomic E-state index is 0.216. The molecule has 3 aliphatic rings. The van der Waals surface area contributed by atoms with E-state index in [1.807, 2.05) is 10.6 Å². The third kappa shape index (κ3) is 5.82. The van der Waals surface area contributed by atoms with Crippen molar-refractivity contribution in [2.24, 2.45) is 5.92 Å². The van der Waals surface area contributed by atoms with Gasteiger partial charge in [-0.15, -0.1) is 0 Å². The predicted molar refractivity (Wildman–Crippen MR) is 162 cm³/mol. The molecule has 2 aromatic heterocycles. The number of halogens is 1. The Labute approximate surface area is 246 Å². The van der Waals surface area contributed by atoms with Gasteiger partial charge >= 0.3 is 0 Å². The molecule has 3 saturated heterocycles. The number of piperazine rings is 1. The zero-order valence-corrected chi connectivity index (χ0v) is 25.3. The van der Waals surface area contributed by atoms with Crippen LogP contribution in [0.1, 0.15) is 48.3 Å². The Kier molecular flexibility index (Phi) is 7.50. The summed E-state index contributed by atoms with van der Waals surface area (Å²) in [4.78, 5) is 27.8. The minimum Gasteiger partial charge on any atom is -0.356 e. The molecule has 1 N–H and O–H groups in total. The first kappa shape index (κ1) is 28.0. The molecular weight excluding hydrogens is 564 g/mol. The molecular formula is C28H37ClN8O3S. The number of hydrogen-bond donors (Lipinski definition) is 1. The van der Waals surface area contributed by atoms with Gasteiger partial charge in [-0.25, -0.2) is 13.4 Å². The molecule has 0 radical (unpaired) electrons. The van der Waals surface area contributed by atoms with Crippen LogP contribution >= 0.6 is 11.6 Å². The normalized spacial score (nSPS) is 20.9. The number of fused-ring (bicyclic) bond motifs is 1. The fraction of sp³-hybridized carbons (Fsp3) is 0.536. The number of hydrogen-bond acceptors (Lipinski definition) is 8. The van der Waals surface area contributed by atoms with Crippen molar-refractivity contribution in [1.82, 2.24) is 24.4 Å². The maximum Gasteiger partial charge on any atom is 0.256 e. The number of piperidine rings is 1. The first-order valence-corrected chi connectivity index (χ1v) is 16.5. The Morgan fingerprint density at radius 3 is 2.49 bits per heavy atom. The van der Waals surface area contributed by atoms with Crippen molar-refractivity contribution < 1.29 is 13.2 Å². The Bertz CT molecular complexity index is 1560. The van der Waals surface area contributed by atoms with Gasteiger partial charge in [-0.3, -0.25) is 9.52 Å². The van der Waals surface area contributed by atoms with Crippen LogP contribution in [0.5, 0.6) is 0 Å². The van der Waals surface area contributed by atoms with E-state index in [9.17, 15) is 13.2 Å². The quantitative estimate of drug-likeness (QED) is 0.459. The van der Waals surface area contributed by atoms with Gasteiger partial charge in [0.1, 0.15) is 11.6 Å². The summed E-state index contributed by atoms with van der Waals surface area (Å²) >= 11 is 6.26. The molecule has 220 valence electrons. The molecule has 3 aromatic rings. The summed E-state index contributed by atoms with van der Waals surface area (Å²) in [6.07, 6.45) is 3.64. The fourth-order valence-corrected chi connectivity index (χ4v) is 6.80. The summed E-state index contributed by atoms with van der Waals surface area (Å²) in [5.41, 5.74) is 2.00. The Morgan fingerprint density at radius 1 is 1.02 bits per heavy atom. The molecule has 5 heterocycles. The number of aromatic nitrogens is 3. The van der Waals surface area contributed by atoms with Gasteiger partial charge in [-0.2, -0.15) is 9.61 Å². The van der Waals surface area contributed by atoms with Crippen LogP contribution in [0.4, 0.5) is 17.3 Å². The topological polar surface area (TPSA) is 106 Å². The lowest BCUT2D eigenvalue weighted by molar-refractivity contribution is 0.0607. The maximum atomic E-state index is 14.0. The van der Waals surface area contributed by atoms with Crippen LogP contribution in [-0.2, 0) is 10.0 Å². The van der Waals surface area contributed by atoms with Crippen molar-refractivity contribution in [2.45, 2.75) is 32.2 Å². The van der Waals surface area contributed by atoms with Crippen LogP contribution in [0.25, 0.3) is 5.65 Å². The highest BCUT2D eigenvalue weighted by atomic mass is 35.5. The molecule has 0 bridgehead atoms. The number of anilines is 3. The first-order valence-electron chi connectivity index (χ1n) is 14.2. The summed E-state index contributed by atoms with van der Waals surface area (Å²) in [7, 11) is -1.45. The largest absolute Gasteiger partial charge is 0.356 e. The van der Waals surface area contributed by atoms with Crippen LogP contribution in [0.15, 0.2) is 30.3 Å². The molecule has 11 nitrogen and oxygen atoms in total. The highest BCUT2D eigenvalue weighted by Gasteiger charge is 2.33. The molecule has 0 spiro atoms. The van der Waals surface area contributed by atoms with Gasteiger partial charge in [0, 0.05) is 63.0 Å². The fourth-order valence-electron chi connectivity index (χ4n) is 6.05. The highest BCUT2D eigenvalue weighted by molar-refractivity contribution is 7.92. The predicted octanol–water partition coefficient (Wildman–Crippen LogP) is 3.33. The second-order valence-electron chi connectivity index (χ2n) is 11.7. The van der Waals surface area contributed by atoms with Crippen LogP contribution in [0.2, 0.25) is 5.02 Å². The van der Waals surface area contributed by atoms with Crippen LogP contribution in [-0.4, -0.2) is 97.8 Å². The molecule has 6 rings (SSSR count). The number of likely N-dealkylation sites (tertiary alicyclic amines) is 1. The monoisotopic (exact) mass is 600 g/mol. The lowest BCUT2D eigenvalue weighted by atomic mass is 9.98. The van der Waals surface area contributed by atoms with E-state index in [2.05, 4.69) is 39.5 Å². The van der Waals surface area contributed by atoms with Gasteiger partial charge in [-0.05, 0) is 50.4 Å². The van der Waals surface area contributed by atoms with E-state index in [4.69, 9.17) is 21.7 Å². The van der Waals surface area contributed by atoms with Crippen molar-refractivity contribution in [3.8, 4) is 0 Å². The van der Waals surface area contributed by atoms with Crippen LogP contribution < -0.4 is 14.5 Å². The Balaban J connectivity index is 1.38. The summed E-state index contributed by atoms with van der Waals surface area (Å²) < 4.78 is 28.5. The van der Waals surface area contributed by atoms with Gasteiger partial charge < -0.3 is 19.6 Å². The smallest absolute Gasteiger partial charge is 0.256 e. The van der Waals surface area contributed by atoms with Crippen molar-refractivity contribution in [3.63, 3.8) is 0 Å². The maximum absolute atomic E-state index is 14.0. The van der Waals surface area contributed by atoms with Crippen molar-refractivity contribution in [3.05, 3.63) is 46.6 Å². The van der Waals surface area contributed by atoms with E-state index in [1.165, 1.54) is 12.1 Å². The average molecular weight is 601 g/mol. The van der Waals surface area contributed by atoms with Crippen molar-refractivity contribution >= 4 is 50.5 Å². The molecule has 3 aliphatic heterocycles. The molecule has 1 atom stereocenters. The molecule has 0 aliphatic carbocycles. The second-order valence-corrected chi connectivity index (χ2v) is 13.9. The van der Waals surface area contributed by atoms with E-state index in [-0.39, 0.29) is 23.2 Å². The van der Waals surface area contributed by atoms with Crippen LogP contribution in [0, 0.1) is 5.92 Å². The van der Waals surface area contributed by atoms with Crippen molar-refractivity contribution in [2.75, 3.05) is 73.6 Å². The zero-order chi connectivity index (χ0) is 28.9. The summed E-state index contributed by atoms with van der Waals surface area (Å²) in [5.74, 6) is 2.36. The zero-order valence-electron chi connectivity index (χ0n) is 23.8. The Morgan fingerprint density at radius 2 is 1.78 bits per heavy atom. The van der Waals surface area contributed by atoms with E-state index in [0.717, 1.165) is 87.8 Å².